The summed E-state index contributed by atoms with van der Waals surface area (Å²) in [5.74, 6) is -0.273. The van der Waals surface area contributed by atoms with Gasteiger partial charge in [-0.1, -0.05) is 129 Å². The Kier molecular flexibility index (Phi) is 24.2. The quantitative estimate of drug-likeness (QED) is 0.127. The monoisotopic (exact) mass is 428 g/mol. The number of carbonyl (C=O) groups is 1. The molecule has 0 aliphatic carbocycles. The maximum atomic E-state index is 11.4. The topological polar surface area (TPSA) is 66.8 Å². The molecular formula is C26H52O4. The highest BCUT2D eigenvalue weighted by atomic mass is 16.5. The van der Waals surface area contributed by atoms with E-state index in [1.807, 2.05) is 0 Å². The van der Waals surface area contributed by atoms with E-state index in [4.69, 9.17) is 14.9 Å². The third-order valence-corrected chi connectivity index (χ3v) is 5.88. The van der Waals surface area contributed by atoms with Crippen molar-refractivity contribution in [2.75, 3.05) is 13.2 Å². The summed E-state index contributed by atoms with van der Waals surface area (Å²) in [6.07, 6.45) is 26.4. The van der Waals surface area contributed by atoms with Crippen LogP contribution in [0, 0.1) is 0 Å². The van der Waals surface area contributed by atoms with Crippen LogP contribution >= 0.6 is 0 Å². The summed E-state index contributed by atoms with van der Waals surface area (Å²) in [5, 5.41) is 17.8. The molecule has 0 aromatic carbocycles. The van der Waals surface area contributed by atoms with Crippen molar-refractivity contribution in [1.29, 1.82) is 0 Å². The zero-order chi connectivity index (χ0) is 22.1. The summed E-state index contributed by atoms with van der Waals surface area (Å²) in [6.45, 7) is 1.81. The molecule has 4 heteroatoms. The molecular weight excluding hydrogens is 376 g/mol. The van der Waals surface area contributed by atoms with E-state index < -0.39 is 6.10 Å². The molecule has 30 heavy (non-hydrogen) atoms. The Morgan fingerprint density at radius 1 is 0.633 bits per heavy atom. The lowest BCUT2D eigenvalue weighted by Gasteiger charge is -2.08. The van der Waals surface area contributed by atoms with Gasteiger partial charge in [-0.25, -0.2) is 0 Å². The van der Waals surface area contributed by atoms with Crippen molar-refractivity contribution in [1.82, 2.24) is 0 Å². The number of esters is 1. The predicted molar refractivity (Wildman–Crippen MR) is 127 cm³/mol. The molecule has 0 bridgehead atoms. The van der Waals surface area contributed by atoms with Crippen molar-refractivity contribution in [3.8, 4) is 0 Å². The van der Waals surface area contributed by atoms with Gasteiger partial charge in [-0.2, -0.15) is 0 Å². The molecule has 180 valence electrons. The van der Waals surface area contributed by atoms with Gasteiger partial charge in [-0.05, 0) is 6.42 Å². The molecule has 2 N–H and O–H groups in total. The number of hydrogen-bond donors (Lipinski definition) is 2. The van der Waals surface area contributed by atoms with Crippen molar-refractivity contribution >= 4 is 5.97 Å². The van der Waals surface area contributed by atoms with E-state index in [9.17, 15) is 4.79 Å². The summed E-state index contributed by atoms with van der Waals surface area (Å²) < 4.78 is 4.89. The zero-order valence-electron chi connectivity index (χ0n) is 20.1. The largest absolute Gasteiger partial charge is 0.463 e. The molecule has 0 aromatic rings. The average molecular weight is 429 g/mol. The van der Waals surface area contributed by atoms with Crippen LogP contribution in [0.1, 0.15) is 142 Å². The third kappa shape index (κ3) is 23.7. The average Bonchev–Trinajstić information content (AvgIpc) is 2.76. The van der Waals surface area contributed by atoms with E-state index in [1.54, 1.807) is 0 Å². The van der Waals surface area contributed by atoms with Gasteiger partial charge in [0.25, 0.3) is 0 Å². The fraction of sp³-hybridized carbons (Fsp3) is 0.962. The van der Waals surface area contributed by atoms with Gasteiger partial charge in [0, 0.05) is 6.42 Å². The highest BCUT2D eigenvalue weighted by Gasteiger charge is 2.07. The smallest absolute Gasteiger partial charge is 0.305 e. The van der Waals surface area contributed by atoms with Crippen molar-refractivity contribution in [2.24, 2.45) is 0 Å². The van der Waals surface area contributed by atoms with Crippen molar-refractivity contribution < 1.29 is 19.7 Å². The second kappa shape index (κ2) is 24.7. The maximum Gasteiger partial charge on any atom is 0.305 e. The Labute approximate surface area is 187 Å². The minimum atomic E-state index is -0.955. The molecule has 0 rings (SSSR count). The molecule has 0 fully saturated rings. The highest BCUT2D eigenvalue weighted by molar-refractivity contribution is 5.69. The lowest BCUT2D eigenvalue weighted by molar-refractivity contribution is -0.147. The molecule has 0 heterocycles. The van der Waals surface area contributed by atoms with Crippen molar-refractivity contribution in [3.05, 3.63) is 0 Å². The normalized spacial score (nSPS) is 12.2. The van der Waals surface area contributed by atoms with Gasteiger partial charge in [-0.15, -0.1) is 0 Å². The van der Waals surface area contributed by atoms with E-state index in [2.05, 4.69) is 6.92 Å². The first-order chi connectivity index (χ1) is 14.7. The van der Waals surface area contributed by atoms with E-state index in [0.717, 1.165) is 12.8 Å². The van der Waals surface area contributed by atoms with Crippen LogP contribution in [-0.2, 0) is 9.53 Å². The fourth-order valence-corrected chi connectivity index (χ4v) is 3.84. The number of hydrogen-bond acceptors (Lipinski definition) is 4. The number of unbranched alkanes of at least 4 members (excludes halogenated alkanes) is 19. The molecule has 0 saturated heterocycles. The first-order valence-electron chi connectivity index (χ1n) is 13.1. The SMILES string of the molecule is CCCCCCCCCCCCCCCCCCCCCCC(=O)OC[C@@H](O)CO. The second-order valence-corrected chi connectivity index (χ2v) is 8.99. The van der Waals surface area contributed by atoms with E-state index in [0.29, 0.717) is 6.42 Å². The third-order valence-electron chi connectivity index (χ3n) is 5.88. The zero-order valence-corrected chi connectivity index (χ0v) is 20.1. The Morgan fingerprint density at radius 2 is 0.967 bits per heavy atom. The number of rotatable bonds is 24. The minimum Gasteiger partial charge on any atom is -0.463 e. The van der Waals surface area contributed by atoms with Crippen LogP contribution in [-0.4, -0.2) is 35.5 Å². The van der Waals surface area contributed by atoms with Gasteiger partial charge >= 0.3 is 5.97 Å². The van der Waals surface area contributed by atoms with E-state index in [1.165, 1.54) is 116 Å². The molecule has 0 unspecified atom stereocenters. The van der Waals surface area contributed by atoms with Crippen molar-refractivity contribution in [3.63, 3.8) is 0 Å². The molecule has 0 radical (unpaired) electrons. The summed E-state index contributed by atoms with van der Waals surface area (Å²) in [5.41, 5.74) is 0. The lowest BCUT2D eigenvalue weighted by Crippen LogP contribution is -2.21. The van der Waals surface area contributed by atoms with Crippen molar-refractivity contribution in [2.45, 2.75) is 148 Å². The van der Waals surface area contributed by atoms with Crippen LogP contribution in [0.25, 0.3) is 0 Å². The number of aliphatic hydroxyl groups excluding tert-OH is 2. The van der Waals surface area contributed by atoms with Gasteiger partial charge in [0.2, 0.25) is 0 Å². The summed E-state index contributed by atoms with van der Waals surface area (Å²) in [7, 11) is 0. The Morgan fingerprint density at radius 3 is 1.30 bits per heavy atom. The first kappa shape index (κ1) is 29.4. The Bertz CT molecular complexity index is 346. The summed E-state index contributed by atoms with van der Waals surface area (Å²) in [4.78, 5) is 11.4. The molecule has 0 amide bonds. The summed E-state index contributed by atoms with van der Waals surface area (Å²) in [6, 6.07) is 0. The highest BCUT2D eigenvalue weighted by Crippen LogP contribution is 2.15. The fourth-order valence-electron chi connectivity index (χ4n) is 3.84. The number of aliphatic hydroxyl groups is 2. The van der Waals surface area contributed by atoms with Crippen LogP contribution in [0.4, 0.5) is 0 Å². The number of carbonyl (C=O) groups excluding carboxylic acids is 1. The molecule has 0 aromatic heterocycles. The lowest BCUT2D eigenvalue weighted by atomic mass is 10.0. The van der Waals surface area contributed by atoms with Crippen LogP contribution in [0.15, 0.2) is 0 Å². The minimum absolute atomic E-state index is 0.103. The molecule has 4 nitrogen and oxygen atoms in total. The van der Waals surface area contributed by atoms with Crippen LogP contribution in [0.5, 0.6) is 0 Å². The van der Waals surface area contributed by atoms with Crippen LogP contribution in [0.3, 0.4) is 0 Å². The standard InChI is InChI=1S/C26H52O4/c1-2-3-4-5-6-7-8-9-10-11-12-13-14-15-16-17-18-19-20-21-22-26(29)30-24-25(28)23-27/h25,27-28H,2-24H2,1H3/t25-/m0/s1. The second-order valence-electron chi connectivity index (χ2n) is 8.99. The van der Waals surface area contributed by atoms with Crippen LogP contribution < -0.4 is 0 Å². The van der Waals surface area contributed by atoms with Gasteiger partial charge < -0.3 is 14.9 Å². The van der Waals surface area contributed by atoms with Gasteiger partial charge in [0.15, 0.2) is 0 Å². The van der Waals surface area contributed by atoms with E-state index >= 15 is 0 Å². The first-order valence-corrected chi connectivity index (χ1v) is 13.1. The van der Waals surface area contributed by atoms with Gasteiger partial charge in [-0.3, -0.25) is 4.79 Å². The molecule has 0 spiro atoms. The van der Waals surface area contributed by atoms with Crippen LogP contribution in [0.2, 0.25) is 0 Å². The maximum absolute atomic E-state index is 11.4. The van der Waals surface area contributed by atoms with E-state index in [-0.39, 0.29) is 19.2 Å². The predicted octanol–water partition coefficient (Wildman–Crippen LogP) is 7.09. The Balaban J connectivity index is 3.10. The van der Waals surface area contributed by atoms with Gasteiger partial charge in [0.05, 0.1) is 6.61 Å². The van der Waals surface area contributed by atoms with Gasteiger partial charge in [0.1, 0.15) is 12.7 Å². The molecule has 0 saturated carbocycles. The molecule has 1 atom stereocenters. The number of ether oxygens (including phenoxy) is 1. The molecule has 0 aliphatic heterocycles. The Hall–Kier alpha value is -0.610. The summed E-state index contributed by atoms with van der Waals surface area (Å²) >= 11 is 0. The molecule has 0 aliphatic rings.